The molecule has 0 atom stereocenters. The smallest absolute Gasteiger partial charge is 0.170 e. The van der Waals surface area contributed by atoms with Gasteiger partial charge in [0.1, 0.15) is 12.0 Å². The number of ether oxygens (including phenoxy) is 1. The lowest BCUT2D eigenvalue weighted by molar-refractivity contribution is 0.122. The van der Waals surface area contributed by atoms with E-state index in [1.54, 1.807) is 12.4 Å². The molecule has 0 saturated carbocycles. The third-order valence-electron chi connectivity index (χ3n) is 2.62. The molecule has 1 aliphatic rings. The van der Waals surface area contributed by atoms with Gasteiger partial charge in [0, 0.05) is 31.0 Å². The summed E-state index contributed by atoms with van der Waals surface area (Å²) in [4.78, 5) is 10.2. The van der Waals surface area contributed by atoms with Gasteiger partial charge in [0.2, 0.25) is 0 Å². The van der Waals surface area contributed by atoms with Crippen molar-refractivity contribution in [3.8, 4) is 11.3 Å². The maximum absolute atomic E-state index is 5.33. The zero-order valence-corrected chi connectivity index (χ0v) is 9.93. The van der Waals surface area contributed by atoms with Crippen LogP contribution >= 0.6 is 11.7 Å². The normalized spacial score (nSPS) is 16.1. The SMILES string of the molecule is c1ncc(-c2nsnc2N2CCOCC2)cn1. The minimum Gasteiger partial charge on any atom is -0.378 e. The van der Waals surface area contributed by atoms with Gasteiger partial charge in [-0.3, -0.25) is 0 Å². The van der Waals surface area contributed by atoms with E-state index >= 15 is 0 Å². The largest absolute Gasteiger partial charge is 0.378 e. The molecule has 0 aliphatic carbocycles. The van der Waals surface area contributed by atoms with E-state index in [9.17, 15) is 0 Å². The summed E-state index contributed by atoms with van der Waals surface area (Å²) in [6, 6.07) is 0. The Kier molecular flexibility index (Phi) is 2.93. The number of morpholine rings is 1. The Morgan fingerprint density at radius 3 is 2.65 bits per heavy atom. The van der Waals surface area contributed by atoms with Gasteiger partial charge in [-0.25, -0.2) is 9.97 Å². The van der Waals surface area contributed by atoms with Crippen molar-refractivity contribution in [1.29, 1.82) is 0 Å². The fourth-order valence-corrected chi connectivity index (χ4v) is 2.36. The van der Waals surface area contributed by atoms with Gasteiger partial charge in [-0.05, 0) is 0 Å². The molecule has 1 fully saturated rings. The number of nitrogens with zero attached hydrogens (tertiary/aromatic N) is 5. The Labute approximate surface area is 103 Å². The zero-order valence-electron chi connectivity index (χ0n) is 9.11. The van der Waals surface area contributed by atoms with Crippen molar-refractivity contribution >= 4 is 17.5 Å². The third-order valence-corrected chi connectivity index (χ3v) is 3.13. The van der Waals surface area contributed by atoms with Crippen LogP contribution in [0.4, 0.5) is 5.82 Å². The molecule has 0 unspecified atom stereocenters. The van der Waals surface area contributed by atoms with Crippen molar-refractivity contribution in [3.05, 3.63) is 18.7 Å². The van der Waals surface area contributed by atoms with E-state index in [0.717, 1.165) is 43.4 Å². The highest BCUT2D eigenvalue weighted by molar-refractivity contribution is 6.99. The summed E-state index contributed by atoms with van der Waals surface area (Å²) in [6.07, 6.45) is 5.03. The highest BCUT2D eigenvalue weighted by Gasteiger charge is 2.19. The van der Waals surface area contributed by atoms with Crippen LogP contribution in [-0.4, -0.2) is 45.0 Å². The lowest BCUT2D eigenvalue weighted by Crippen LogP contribution is -2.36. The summed E-state index contributed by atoms with van der Waals surface area (Å²) in [5, 5.41) is 0. The monoisotopic (exact) mass is 249 g/mol. The van der Waals surface area contributed by atoms with Crippen molar-refractivity contribution in [3.63, 3.8) is 0 Å². The van der Waals surface area contributed by atoms with E-state index in [2.05, 4.69) is 23.6 Å². The second-order valence-corrected chi connectivity index (χ2v) is 4.19. The van der Waals surface area contributed by atoms with Crippen molar-refractivity contribution in [2.24, 2.45) is 0 Å². The molecule has 1 aliphatic heterocycles. The molecule has 17 heavy (non-hydrogen) atoms. The maximum Gasteiger partial charge on any atom is 0.170 e. The van der Waals surface area contributed by atoms with Crippen molar-refractivity contribution < 1.29 is 4.74 Å². The first-order valence-corrected chi connectivity index (χ1v) is 6.09. The highest BCUT2D eigenvalue weighted by Crippen LogP contribution is 2.28. The second kappa shape index (κ2) is 4.72. The Hall–Kier alpha value is -1.60. The van der Waals surface area contributed by atoms with E-state index in [1.165, 1.54) is 18.1 Å². The van der Waals surface area contributed by atoms with Gasteiger partial charge in [-0.2, -0.15) is 8.75 Å². The van der Waals surface area contributed by atoms with Crippen LogP contribution in [0.25, 0.3) is 11.3 Å². The molecule has 0 spiro atoms. The van der Waals surface area contributed by atoms with Crippen LogP contribution in [0.1, 0.15) is 0 Å². The number of hydrogen-bond acceptors (Lipinski definition) is 7. The molecule has 88 valence electrons. The molecule has 0 N–H and O–H groups in total. The molecule has 0 radical (unpaired) electrons. The summed E-state index contributed by atoms with van der Waals surface area (Å²) < 4.78 is 14.0. The van der Waals surface area contributed by atoms with Gasteiger partial charge in [0.05, 0.1) is 24.9 Å². The van der Waals surface area contributed by atoms with Crippen LogP contribution in [0.2, 0.25) is 0 Å². The summed E-state index contributed by atoms with van der Waals surface area (Å²) in [5.74, 6) is 0.910. The van der Waals surface area contributed by atoms with Crippen LogP contribution in [-0.2, 0) is 4.74 Å². The van der Waals surface area contributed by atoms with Gasteiger partial charge in [0.15, 0.2) is 5.82 Å². The minimum absolute atomic E-state index is 0.738. The average Bonchev–Trinajstić information content (AvgIpc) is 2.90. The predicted molar refractivity (Wildman–Crippen MR) is 64.0 cm³/mol. The Morgan fingerprint density at radius 1 is 1.12 bits per heavy atom. The molecule has 0 bridgehead atoms. The molecular weight excluding hydrogens is 238 g/mol. The molecule has 2 aromatic rings. The van der Waals surface area contributed by atoms with Gasteiger partial charge >= 0.3 is 0 Å². The van der Waals surface area contributed by atoms with Gasteiger partial charge in [-0.15, -0.1) is 0 Å². The highest BCUT2D eigenvalue weighted by atomic mass is 32.1. The van der Waals surface area contributed by atoms with Crippen LogP contribution in [0.15, 0.2) is 18.7 Å². The molecule has 1 saturated heterocycles. The number of aromatic nitrogens is 4. The molecule has 3 rings (SSSR count). The molecule has 2 aromatic heterocycles. The Morgan fingerprint density at radius 2 is 1.88 bits per heavy atom. The summed E-state index contributed by atoms with van der Waals surface area (Å²) in [6.45, 7) is 3.18. The second-order valence-electron chi connectivity index (χ2n) is 3.66. The Bertz CT molecular complexity index is 482. The van der Waals surface area contributed by atoms with Crippen LogP contribution in [0, 0.1) is 0 Å². The van der Waals surface area contributed by atoms with Gasteiger partial charge in [-0.1, -0.05) is 0 Å². The van der Waals surface area contributed by atoms with Crippen molar-refractivity contribution in [2.45, 2.75) is 0 Å². The molecule has 7 heteroatoms. The lowest BCUT2D eigenvalue weighted by Gasteiger charge is -2.27. The van der Waals surface area contributed by atoms with Gasteiger partial charge in [0.25, 0.3) is 0 Å². The topological polar surface area (TPSA) is 64.0 Å². The predicted octanol–water partition coefficient (Wildman–Crippen LogP) is 0.832. The fraction of sp³-hybridized carbons (Fsp3) is 0.400. The van der Waals surface area contributed by atoms with Gasteiger partial charge < -0.3 is 9.64 Å². The fourth-order valence-electron chi connectivity index (χ4n) is 1.77. The molecule has 6 nitrogen and oxygen atoms in total. The average molecular weight is 249 g/mol. The third kappa shape index (κ3) is 2.11. The lowest BCUT2D eigenvalue weighted by atomic mass is 10.2. The van der Waals surface area contributed by atoms with E-state index < -0.39 is 0 Å². The van der Waals surface area contributed by atoms with E-state index in [0.29, 0.717) is 0 Å². The maximum atomic E-state index is 5.33. The molecule has 0 aromatic carbocycles. The van der Waals surface area contributed by atoms with Crippen molar-refractivity contribution in [2.75, 3.05) is 31.2 Å². The summed E-state index contributed by atoms with van der Waals surface area (Å²) in [5.41, 5.74) is 1.76. The first-order valence-electron chi connectivity index (χ1n) is 5.36. The van der Waals surface area contributed by atoms with E-state index in [4.69, 9.17) is 4.74 Å². The Balaban J connectivity index is 1.93. The zero-order chi connectivity index (χ0) is 11.5. The van der Waals surface area contributed by atoms with E-state index in [-0.39, 0.29) is 0 Å². The van der Waals surface area contributed by atoms with Crippen LogP contribution in [0.5, 0.6) is 0 Å². The minimum atomic E-state index is 0.738. The first kappa shape index (κ1) is 10.5. The van der Waals surface area contributed by atoms with Crippen LogP contribution in [0.3, 0.4) is 0 Å². The molecular formula is C10H11N5OS. The number of anilines is 1. The van der Waals surface area contributed by atoms with Crippen LogP contribution < -0.4 is 4.90 Å². The quantitative estimate of drug-likeness (QED) is 0.785. The molecule has 0 amide bonds. The molecule has 3 heterocycles. The first-order chi connectivity index (χ1) is 8.45. The number of hydrogen-bond donors (Lipinski definition) is 0. The summed E-state index contributed by atoms with van der Waals surface area (Å²) >= 11 is 1.22. The summed E-state index contributed by atoms with van der Waals surface area (Å²) in [7, 11) is 0. The van der Waals surface area contributed by atoms with E-state index in [1.807, 2.05) is 0 Å². The van der Waals surface area contributed by atoms with Crippen molar-refractivity contribution in [1.82, 2.24) is 18.7 Å². The number of rotatable bonds is 2. The standard InChI is InChI=1S/C10H11N5OS/c1-3-16-4-2-15(1)10-9(13-17-14-10)8-5-11-7-12-6-8/h5-7H,1-4H2.